The molecule has 21 heavy (non-hydrogen) atoms. The maximum Gasteiger partial charge on any atom is 0.267 e. The average Bonchev–Trinajstić information content (AvgIpc) is 2.41. The van der Waals surface area contributed by atoms with E-state index >= 15 is 0 Å². The first-order valence-corrected chi connectivity index (χ1v) is 12.2. The first kappa shape index (κ1) is 23.8. The molecule has 0 N–H and O–H groups in total. The van der Waals surface area contributed by atoms with E-state index in [-0.39, 0.29) is 6.61 Å². The third kappa shape index (κ3) is 12.7. The summed E-state index contributed by atoms with van der Waals surface area (Å²) >= 11 is 0. The van der Waals surface area contributed by atoms with Gasteiger partial charge in [0.05, 0.1) is 31.3 Å². The smallest absolute Gasteiger partial charge is 0.267 e. The lowest BCUT2D eigenvalue weighted by atomic mass is 10.5. The van der Waals surface area contributed by atoms with Crippen molar-refractivity contribution in [2.75, 3.05) is 38.4 Å². The van der Waals surface area contributed by atoms with Crippen LogP contribution < -0.4 is 4.89 Å². The molecule has 0 aliphatic carbocycles. The van der Waals surface area contributed by atoms with Crippen molar-refractivity contribution in [1.82, 2.24) is 0 Å². The Morgan fingerprint density at radius 1 is 0.857 bits per heavy atom. The molecule has 0 spiro atoms. The fourth-order valence-electron chi connectivity index (χ4n) is 2.78. The Kier molecular flexibility index (Phi) is 16.0. The van der Waals surface area contributed by atoms with Crippen molar-refractivity contribution in [2.24, 2.45) is 0 Å². The summed E-state index contributed by atoms with van der Waals surface area (Å²) in [5.74, 6) is 0. The minimum atomic E-state index is -3.92. The lowest BCUT2D eigenvalue weighted by molar-refractivity contribution is -0.222. The largest absolute Gasteiger partial charge is 0.756 e. The summed E-state index contributed by atoms with van der Waals surface area (Å²) in [7, 11) is -3.36. The van der Waals surface area contributed by atoms with E-state index in [2.05, 4.69) is 36.7 Å². The van der Waals surface area contributed by atoms with Crippen molar-refractivity contribution in [2.45, 2.75) is 60.3 Å². The highest BCUT2D eigenvalue weighted by Gasteiger charge is 2.32. The molecule has 1 atom stereocenters. The number of hydrogen-bond acceptors (Lipinski definition) is 4. The van der Waals surface area contributed by atoms with E-state index in [0.717, 1.165) is 7.11 Å². The first-order valence-electron chi connectivity index (χ1n) is 8.23. The van der Waals surface area contributed by atoms with Crippen molar-refractivity contribution >= 4 is 15.1 Å². The van der Waals surface area contributed by atoms with Crippen LogP contribution in [-0.2, 0) is 13.6 Å². The Morgan fingerprint density at radius 3 is 1.33 bits per heavy atom. The highest BCUT2D eigenvalue weighted by molar-refractivity contribution is 7.75. The molecule has 0 bridgehead atoms. The van der Waals surface area contributed by atoms with Gasteiger partial charge >= 0.3 is 0 Å². The zero-order valence-electron chi connectivity index (χ0n) is 14.9. The molecule has 0 rings (SSSR count). The molecule has 0 aliphatic heterocycles. The van der Waals surface area contributed by atoms with Crippen molar-refractivity contribution in [3.8, 4) is 0 Å². The van der Waals surface area contributed by atoms with Crippen molar-refractivity contribution in [3.05, 3.63) is 0 Å². The van der Waals surface area contributed by atoms with Gasteiger partial charge < -0.3 is 13.9 Å². The van der Waals surface area contributed by atoms with Crippen LogP contribution in [-0.4, -0.2) is 38.4 Å². The minimum absolute atomic E-state index is 0.120. The monoisotopic (exact) mass is 342 g/mol. The second kappa shape index (κ2) is 14.2. The zero-order valence-corrected chi connectivity index (χ0v) is 16.7. The van der Waals surface area contributed by atoms with E-state index in [1.807, 2.05) is 0 Å². The maximum atomic E-state index is 10.2. The lowest BCUT2D eigenvalue weighted by Crippen LogP contribution is -2.10. The van der Waals surface area contributed by atoms with Gasteiger partial charge in [0, 0.05) is 14.4 Å². The van der Waals surface area contributed by atoms with Crippen LogP contribution in [0.1, 0.15) is 60.3 Å². The normalized spacial score (nSPS) is 14.2. The molecule has 0 saturated heterocycles. The van der Waals surface area contributed by atoms with Crippen molar-refractivity contribution in [3.63, 3.8) is 0 Å². The van der Waals surface area contributed by atoms with E-state index in [0.29, 0.717) is 0 Å². The maximum absolute atomic E-state index is 10.2. The molecule has 0 aromatic heterocycles. The van der Waals surface area contributed by atoms with Gasteiger partial charge in [-0.15, -0.1) is 0 Å². The summed E-state index contributed by atoms with van der Waals surface area (Å²) in [6, 6.07) is 0. The molecule has 0 fully saturated rings. The second-order valence-corrected chi connectivity index (χ2v) is 11.3. The third-order valence-corrected chi connectivity index (χ3v) is 9.91. The van der Waals surface area contributed by atoms with Crippen LogP contribution in [0.25, 0.3) is 0 Å². The predicted octanol–water partition coefficient (Wildman–Crippen LogP) is 4.78. The molecule has 0 aliphatic rings. The van der Waals surface area contributed by atoms with Gasteiger partial charge in [-0.2, -0.15) is 0 Å². The van der Waals surface area contributed by atoms with Gasteiger partial charge in [0.1, 0.15) is 0 Å². The summed E-state index contributed by atoms with van der Waals surface area (Å²) in [5, 5.41) is 0. The second-order valence-electron chi connectivity index (χ2n) is 5.28. The SMILES string of the molecule is CCC[P+](CCC)(CCC)CCC.CCOP(=O)([O-])OC. The van der Waals surface area contributed by atoms with Gasteiger partial charge in [0.25, 0.3) is 7.82 Å². The molecular weight excluding hydrogens is 306 g/mol. The number of rotatable bonds is 11. The predicted molar refractivity (Wildman–Crippen MR) is 93.8 cm³/mol. The lowest BCUT2D eigenvalue weighted by Gasteiger charge is -2.26. The van der Waals surface area contributed by atoms with Crippen LogP contribution in [0.3, 0.4) is 0 Å². The van der Waals surface area contributed by atoms with Crippen LogP contribution in [0.15, 0.2) is 0 Å². The molecule has 1 unspecified atom stereocenters. The number of phosphoric ester groups is 1. The van der Waals surface area contributed by atoms with Crippen LogP contribution in [0.2, 0.25) is 0 Å². The van der Waals surface area contributed by atoms with E-state index in [1.54, 1.807) is 31.6 Å². The molecule has 130 valence electrons. The highest BCUT2D eigenvalue weighted by atomic mass is 31.2. The number of phosphoric acid groups is 1. The minimum Gasteiger partial charge on any atom is -0.756 e. The number of hydrogen-bond donors (Lipinski definition) is 0. The Bertz CT molecular complexity index is 243. The first-order chi connectivity index (χ1) is 9.86. The standard InChI is InChI=1S/C12H28P.C3H9O4P/c1-5-9-13(10-6-2,11-7-3)12-8-4;1-3-7-8(4,5)6-2/h5-12H2,1-4H3;3H2,1-2H3,(H,4,5)/q+1;/p-1. The van der Waals surface area contributed by atoms with Gasteiger partial charge in [-0.3, -0.25) is 4.57 Å². The van der Waals surface area contributed by atoms with Crippen molar-refractivity contribution in [1.29, 1.82) is 0 Å². The molecule has 0 heterocycles. The highest BCUT2D eigenvalue weighted by Crippen LogP contribution is 2.60. The van der Waals surface area contributed by atoms with Crippen molar-refractivity contribution < 1.29 is 18.5 Å². The van der Waals surface area contributed by atoms with Crippen LogP contribution in [0.4, 0.5) is 0 Å². The summed E-state index contributed by atoms with van der Waals surface area (Å²) in [6.45, 7) is 11.1. The summed E-state index contributed by atoms with van der Waals surface area (Å²) in [4.78, 5) is 10.2. The topological polar surface area (TPSA) is 58.6 Å². The molecule has 0 radical (unpaired) electrons. The zero-order chi connectivity index (χ0) is 16.8. The Balaban J connectivity index is 0. The fraction of sp³-hybridized carbons (Fsp3) is 1.00. The van der Waals surface area contributed by atoms with Crippen LogP contribution in [0.5, 0.6) is 0 Å². The Hall–Kier alpha value is 0.540. The molecule has 0 amide bonds. The summed E-state index contributed by atoms with van der Waals surface area (Å²) in [6.07, 6.45) is 11.9. The van der Waals surface area contributed by atoms with E-state index in [4.69, 9.17) is 0 Å². The molecular formula is C15H36O4P2. The van der Waals surface area contributed by atoms with Crippen LogP contribution in [0, 0.1) is 0 Å². The Labute approximate surface area is 133 Å². The average molecular weight is 342 g/mol. The molecule has 6 heteroatoms. The third-order valence-electron chi connectivity index (χ3n) is 3.30. The summed E-state index contributed by atoms with van der Waals surface area (Å²) in [5.41, 5.74) is 0. The van der Waals surface area contributed by atoms with E-state index in [9.17, 15) is 9.46 Å². The van der Waals surface area contributed by atoms with E-state index < -0.39 is 15.1 Å². The molecule has 0 aromatic rings. The van der Waals surface area contributed by atoms with Gasteiger partial charge in [-0.05, 0) is 32.6 Å². The summed E-state index contributed by atoms with van der Waals surface area (Å²) < 4.78 is 18.3. The molecule has 0 aromatic carbocycles. The van der Waals surface area contributed by atoms with Crippen LogP contribution >= 0.6 is 15.1 Å². The molecule has 0 saturated carbocycles. The quantitative estimate of drug-likeness (QED) is 0.507. The van der Waals surface area contributed by atoms with Gasteiger partial charge in [0.15, 0.2) is 0 Å². The van der Waals surface area contributed by atoms with Gasteiger partial charge in [-0.25, -0.2) is 0 Å². The van der Waals surface area contributed by atoms with Gasteiger partial charge in [0.2, 0.25) is 0 Å². The van der Waals surface area contributed by atoms with Gasteiger partial charge in [-0.1, -0.05) is 27.7 Å². The fourth-order valence-corrected chi connectivity index (χ4v) is 8.34. The molecule has 4 nitrogen and oxygen atoms in total. The van der Waals surface area contributed by atoms with E-state index in [1.165, 1.54) is 25.7 Å². The Morgan fingerprint density at radius 2 is 1.19 bits per heavy atom.